The summed E-state index contributed by atoms with van der Waals surface area (Å²) in [7, 11) is 0. The molecule has 0 N–H and O–H groups in total. The lowest BCUT2D eigenvalue weighted by atomic mass is 9.94. The highest BCUT2D eigenvalue weighted by Crippen LogP contribution is 2.45. The van der Waals surface area contributed by atoms with Crippen LogP contribution in [0, 0.1) is 0 Å². The van der Waals surface area contributed by atoms with E-state index in [9.17, 15) is 0 Å². The molecule has 0 aliphatic carbocycles. The second-order valence-corrected chi connectivity index (χ2v) is 13.8. The molecule has 11 aromatic rings. The Morgan fingerprint density at radius 1 is 0.353 bits per heavy atom. The van der Waals surface area contributed by atoms with Crippen LogP contribution in [0.1, 0.15) is 0 Å². The number of rotatable bonds is 4. The summed E-state index contributed by atoms with van der Waals surface area (Å²) >= 11 is 1.79. The van der Waals surface area contributed by atoms with E-state index in [1.165, 1.54) is 20.2 Å². The fraction of sp³-hybridized carbons (Fsp3) is 0. The number of benzene rings is 7. The van der Waals surface area contributed by atoms with Crippen LogP contribution in [0.5, 0.6) is 0 Å². The van der Waals surface area contributed by atoms with Gasteiger partial charge in [-0.2, -0.15) is 0 Å². The first-order valence-electron chi connectivity index (χ1n) is 16.9. The third-order valence-electron chi connectivity index (χ3n) is 9.76. The number of furan rings is 2. The molecule has 0 amide bonds. The number of thiophene rings is 1. The quantitative estimate of drug-likeness (QED) is 0.186. The average Bonchev–Trinajstić information content (AvgIpc) is 3.89. The summed E-state index contributed by atoms with van der Waals surface area (Å²) in [5.74, 6) is 1.83. The predicted molar refractivity (Wildman–Crippen MR) is 209 cm³/mol. The fourth-order valence-electron chi connectivity index (χ4n) is 7.48. The van der Waals surface area contributed by atoms with Crippen molar-refractivity contribution in [3.8, 4) is 45.3 Å². The molecular weight excluding hydrogens is 647 g/mol. The first-order valence-corrected chi connectivity index (χ1v) is 17.7. The molecule has 51 heavy (non-hydrogen) atoms. The Balaban J connectivity index is 1.18. The van der Waals surface area contributed by atoms with E-state index in [2.05, 4.69) is 84.9 Å². The largest absolute Gasteiger partial charge is 0.456 e. The van der Waals surface area contributed by atoms with Crippen molar-refractivity contribution < 1.29 is 8.83 Å². The molecule has 238 valence electrons. The molecular formula is C45H25N3O2S. The molecule has 0 saturated carbocycles. The van der Waals surface area contributed by atoms with Crippen LogP contribution in [0.25, 0.3) is 109 Å². The molecule has 0 aliphatic heterocycles. The van der Waals surface area contributed by atoms with Crippen molar-refractivity contribution in [2.45, 2.75) is 0 Å². The van der Waals surface area contributed by atoms with Crippen molar-refractivity contribution in [2.24, 2.45) is 0 Å². The van der Waals surface area contributed by atoms with Crippen LogP contribution in [0.2, 0.25) is 0 Å². The molecule has 0 spiro atoms. The lowest BCUT2D eigenvalue weighted by molar-refractivity contribution is 0.668. The Morgan fingerprint density at radius 2 is 0.902 bits per heavy atom. The molecule has 0 atom stereocenters. The monoisotopic (exact) mass is 671 g/mol. The van der Waals surface area contributed by atoms with Gasteiger partial charge in [0.25, 0.3) is 0 Å². The van der Waals surface area contributed by atoms with E-state index in [4.69, 9.17) is 23.8 Å². The van der Waals surface area contributed by atoms with Gasteiger partial charge in [0, 0.05) is 58.4 Å². The van der Waals surface area contributed by atoms with Crippen LogP contribution in [-0.2, 0) is 0 Å². The SMILES string of the molecule is c1ccc(-c2nc(-c3ccc4c(c3)sc3ccccc34)nc(-c3cccc4oc5cccc(-c6cccc7oc8ccccc8c67)c5c34)n2)cc1. The zero-order valence-electron chi connectivity index (χ0n) is 27.0. The van der Waals surface area contributed by atoms with Gasteiger partial charge in [-0.15, -0.1) is 11.3 Å². The van der Waals surface area contributed by atoms with Crippen molar-refractivity contribution in [1.82, 2.24) is 15.0 Å². The van der Waals surface area contributed by atoms with Gasteiger partial charge < -0.3 is 8.83 Å². The third kappa shape index (κ3) is 4.37. The van der Waals surface area contributed by atoms with Gasteiger partial charge in [-0.25, -0.2) is 15.0 Å². The summed E-state index contributed by atoms with van der Waals surface area (Å²) in [5, 5.41) is 6.63. The van der Waals surface area contributed by atoms with Crippen LogP contribution >= 0.6 is 11.3 Å². The summed E-state index contributed by atoms with van der Waals surface area (Å²) in [6.45, 7) is 0. The molecule has 0 radical (unpaired) electrons. The Labute approximate surface area is 295 Å². The van der Waals surface area contributed by atoms with Crippen molar-refractivity contribution in [2.75, 3.05) is 0 Å². The number of aromatic nitrogens is 3. The second-order valence-electron chi connectivity index (χ2n) is 12.7. The summed E-state index contributed by atoms with van der Waals surface area (Å²) in [5.41, 5.74) is 8.18. The Bertz CT molecular complexity index is 3160. The van der Waals surface area contributed by atoms with Gasteiger partial charge in [-0.3, -0.25) is 0 Å². The lowest BCUT2D eigenvalue weighted by Gasteiger charge is -2.10. The molecule has 7 aromatic carbocycles. The van der Waals surface area contributed by atoms with Crippen molar-refractivity contribution >= 4 is 75.4 Å². The second kappa shape index (κ2) is 10.9. The normalized spacial score (nSPS) is 11.9. The minimum absolute atomic E-state index is 0.588. The average molecular weight is 672 g/mol. The maximum absolute atomic E-state index is 6.57. The third-order valence-corrected chi connectivity index (χ3v) is 10.9. The lowest BCUT2D eigenvalue weighted by Crippen LogP contribution is -2.00. The maximum atomic E-state index is 6.57. The molecule has 0 aliphatic rings. The Morgan fingerprint density at radius 3 is 1.71 bits per heavy atom. The minimum atomic E-state index is 0.588. The molecule has 0 saturated heterocycles. The summed E-state index contributed by atoms with van der Waals surface area (Å²) < 4.78 is 15.3. The van der Waals surface area contributed by atoms with Gasteiger partial charge in [-0.1, -0.05) is 115 Å². The summed E-state index contributed by atoms with van der Waals surface area (Å²) in [6.07, 6.45) is 0. The van der Waals surface area contributed by atoms with Crippen LogP contribution in [0.3, 0.4) is 0 Å². The van der Waals surface area contributed by atoms with Crippen LogP contribution in [0.4, 0.5) is 0 Å². The van der Waals surface area contributed by atoms with E-state index in [1.807, 2.05) is 66.7 Å². The highest BCUT2D eigenvalue weighted by Gasteiger charge is 2.22. The number of fused-ring (bicyclic) bond motifs is 9. The summed E-state index contributed by atoms with van der Waals surface area (Å²) in [6, 6.07) is 52.0. The first-order chi connectivity index (χ1) is 25.3. The van der Waals surface area contributed by atoms with E-state index in [0.717, 1.165) is 71.7 Å². The Hall–Kier alpha value is -6.63. The van der Waals surface area contributed by atoms with Crippen LogP contribution < -0.4 is 0 Å². The van der Waals surface area contributed by atoms with Crippen molar-refractivity contribution in [3.63, 3.8) is 0 Å². The molecule has 0 bridgehead atoms. The standard InChI is InChI=1S/C45H25N3O2S/c1-2-11-26(12-3-1)43-46-44(27-23-24-29-28-13-5-7-22-38(28)51-39(29)25-27)48-45(47-43)33-17-10-21-37-42(33)41-31(16-9-20-36(41)50-37)30-15-8-19-35-40(30)32-14-4-6-18-34(32)49-35/h1-25H. The van der Waals surface area contributed by atoms with Crippen molar-refractivity contribution in [3.05, 3.63) is 152 Å². The number of nitrogens with zero attached hydrogens (tertiary/aromatic N) is 3. The number of hydrogen-bond donors (Lipinski definition) is 0. The highest BCUT2D eigenvalue weighted by atomic mass is 32.1. The topological polar surface area (TPSA) is 65.0 Å². The van der Waals surface area contributed by atoms with Gasteiger partial charge in [0.2, 0.25) is 0 Å². The minimum Gasteiger partial charge on any atom is -0.456 e. The molecule has 5 nitrogen and oxygen atoms in total. The van der Waals surface area contributed by atoms with E-state index in [1.54, 1.807) is 11.3 Å². The van der Waals surface area contributed by atoms with E-state index in [-0.39, 0.29) is 0 Å². The summed E-state index contributed by atoms with van der Waals surface area (Å²) in [4.78, 5) is 15.4. The molecule has 6 heteroatoms. The maximum Gasteiger partial charge on any atom is 0.164 e. The molecule has 4 aromatic heterocycles. The zero-order valence-corrected chi connectivity index (χ0v) is 27.8. The molecule has 4 heterocycles. The zero-order chi connectivity index (χ0) is 33.5. The van der Waals surface area contributed by atoms with Crippen molar-refractivity contribution in [1.29, 1.82) is 0 Å². The molecule has 0 unspecified atom stereocenters. The Kier molecular flexibility index (Phi) is 6.05. The van der Waals surface area contributed by atoms with Crippen LogP contribution in [0.15, 0.2) is 160 Å². The van der Waals surface area contributed by atoms with Gasteiger partial charge in [-0.05, 0) is 47.5 Å². The first kappa shape index (κ1) is 28.2. The van der Waals surface area contributed by atoms with Gasteiger partial charge in [0.1, 0.15) is 22.3 Å². The van der Waals surface area contributed by atoms with E-state index in [0.29, 0.717) is 17.5 Å². The van der Waals surface area contributed by atoms with Gasteiger partial charge in [0.05, 0.1) is 0 Å². The predicted octanol–water partition coefficient (Wildman–Crippen LogP) is 12.7. The number of para-hydroxylation sites is 1. The van der Waals surface area contributed by atoms with Crippen LogP contribution in [-0.4, -0.2) is 15.0 Å². The smallest absolute Gasteiger partial charge is 0.164 e. The van der Waals surface area contributed by atoms with Gasteiger partial charge in [0.15, 0.2) is 17.5 Å². The van der Waals surface area contributed by atoms with E-state index >= 15 is 0 Å². The van der Waals surface area contributed by atoms with E-state index < -0.39 is 0 Å². The molecule has 0 fully saturated rings. The highest BCUT2D eigenvalue weighted by molar-refractivity contribution is 7.25. The van der Waals surface area contributed by atoms with Gasteiger partial charge >= 0.3 is 0 Å². The fourth-order valence-corrected chi connectivity index (χ4v) is 8.63. The number of hydrogen-bond acceptors (Lipinski definition) is 6. The molecule has 11 rings (SSSR count).